The molecule has 1 unspecified atom stereocenters. The number of nitrogens with zero attached hydrogens (tertiary/aromatic N) is 2. The van der Waals surface area contributed by atoms with Crippen molar-refractivity contribution in [1.82, 2.24) is 15.1 Å². The van der Waals surface area contributed by atoms with Crippen molar-refractivity contribution in [3.63, 3.8) is 0 Å². The summed E-state index contributed by atoms with van der Waals surface area (Å²) in [6, 6.07) is 0. The molecule has 0 radical (unpaired) electrons. The van der Waals surface area contributed by atoms with Crippen LogP contribution in [0.5, 0.6) is 0 Å². The highest BCUT2D eigenvalue weighted by Crippen LogP contribution is 2.22. The normalized spacial score (nSPS) is 30.4. The Morgan fingerprint density at radius 1 is 1.24 bits per heavy atom. The Kier molecular flexibility index (Phi) is 5.24. The Labute approximate surface area is 126 Å². The monoisotopic (exact) mass is 319 g/mol. The smallest absolute Gasteiger partial charge is 0.234 e. The number of carbonyl (C=O) groups excluding carboxylic acids is 1. The molecule has 21 heavy (non-hydrogen) atoms. The topological polar surface area (TPSA) is 89.9 Å². The summed E-state index contributed by atoms with van der Waals surface area (Å²) in [6.45, 7) is 6.23. The molecule has 2 saturated heterocycles. The highest BCUT2D eigenvalue weighted by atomic mass is 32.2. The molecule has 0 aromatic rings. The lowest BCUT2D eigenvalue weighted by Crippen LogP contribution is -2.53. The first-order valence-electron chi connectivity index (χ1n) is 7.39. The van der Waals surface area contributed by atoms with Gasteiger partial charge >= 0.3 is 0 Å². The number of β-amino-alcohol motifs (C(OH)–C–C–N with tert-alkyl or cyclic N) is 1. The summed E-state index contributed by atoms with van der Waals surface area (Å²) in [5.74, 6) is 0.0878. The largest absolute Gasteiger partial charge is 0.395 e. The zero-order valence-electron chi connectivity index (χ0n) is 12.5. The number of aliphatic hydroxyl groups is 1. The molecule has 2 heterocycles. The number of piperazine rings is 1. The molecular formula is C13H25N3O4S. The van der Waals surface area contributed by atoms with Crippen molar-refractivity contribution >= 4 is 15.7 Å². The summed E-state index contributed by atoms with van der Waals surface area (Å²) in [5.41, 5.74) is -0.616. The number of carbonyl (C=O) groups is 1. The first-order valence-corrected chi connectivity index (χ1v) is 9.21. The molecule has 7 nitrogen and oxygen atoms in total. The fraction of sp³-hybridized carbons (Fsp3) is 0.923. The van der Waals surface area contributed by atoms with Crippen LogP contribution in [0.25, 0.3) is 0 Å². The van der Waals surface area contributed by atoms with Gasteiger partial charge in [0.1, 0.15) is 0 Å². The third-order valence-corrected chi connectivity index (χ3v) is 6.10. The predicted molar refractivity (Wildman–Crippen MR) is 79.8 cm³/mol. The minimum Gasteiger partial charge on any atom is -0.395 e. The van der Waals surface area contributed by atoms with Crippen molar-refractivity contribution in [3.8, 4) is 0 Å². The van der Waals surface area contributed by atoms with Gasteiger partial charge in [-0.2, -0.15) is 0 Å². The van der Waals surface area contributed by atoms with E-state index >= 15 is 0 Å². The number of hydrogen-bond donors (Lipinski definition) is 2. The van der Waals surface area contributed by atoms with Crippen molar-refractivity contribution in [2.45, 2.75) is 18.9 Å². The lowest BCUT2D eigenvalue weighted by molar-refractivity contribution is -0.124. The summed E-state index contributed by atoms with van der Waals surface area (Å²) < 4.78 is 23.1. The second-order valence-electron chi connectivity index (χ2n) is 6.29. The fourth-order valence-corrected chi connectivity index (χ4v) is 5.09. The number of nitrogens with one attached hydrogen (secondary N) is 1. The summed E-state index contributed by atoms with van der Waals surface area (Å²) in [7, 11) is -3.00. The molecule has 2 rings (SSSR count). The Hall–Kier alpha value is -0.700. The van der Waals surface area contributed by atoms with E-state index in [0.29, 0.717) is 19.5 Å². The van der Waals surface area contributed by atoms with Crippen molar-refractivity contribution in [1.29, 1.82) is 0 Å². The predicted octanol–water partition coefficient (Wildman–Crippen LogP) is -1.71. The summed E-state index contributed by atoms with van der Waals surface area (Å²) in [5, 5.41) is 11.8. The molecule has 0 spiro atoms. The molecule has 1 atom stereocenters. The Morgan fingerprint density at radius 3 is 2.38 bits per heavy atom. The quantitative estimate of drug-likeness (QED) is 0.627. The van der Waals surface area contributed by atoms with Gasteiger partial charge < -0.3 is 10.4 Å². The van der Waals surface area contributed by atoms with Gasteiger partial charge in [0.2, 0.25) is 5.91 Å². The first kappa shape index (κ1) is 16.7. The van der Waals surface area contributed by atoms with Gasteiger partial charge in [-0.15, -0.1) is 0 Å². The third-order valence-electron chi connectivity index (χ3n) is 4.19. The maximum atomic E-state index is 12.1. The van der Waals surface area contributed by atoms with E-state index in [2.05, 4.69) is 15.1 Å². The van der Waals surface area contributed by atoms with Gasteiger partial charge in [0.15, 0.2) is 9.84 Å². The van der Waals surface area contributed by atoms with Crippen LogP contribution in [-0.4, -0.2) is 92.2 Å². The lowest BCUT2D eigenvalue weighted by atomic mass is 10.0. The van der Waals surface area contributed by atoms with E-state index in [0.717, 1.165) is 26.2 Å². The number of rotatable bonds is 5. The SMILES string of the molecule is CC1(NC(=O)CN2CCN(CCO)CC2)CCS(=O)(=O)C1. The molecule has 0 aromatic carbocycles. The maximum Gasteiger partial charge on any atom is 0.234 e. The fourth-order valence-electron chi connectivity index (χ4n) is 3.00. The van der Waals surface area contributed by atoms with Crippen LogP contribution in [0.1, 0.15) is 13.3 Å². The minimum absolute atomic E-state index is 0.0377. The van der Waals surface area contributed by atoms with Crippen LogP contribution in [0.15, 0.2) is 0 Å². The van der Waals surface area contributed by atoms with E-state index in [-0.39, 0.29) is 24.0 Å². The second kappa shape index (κ2) is 6.60. The summed E-state index contributed by atoms with van der Waals surface area (Å²) in [6.07, 6.45) is 0.491. The van der Waals surface area contributed by atoms with Gasteiger partial charge in [-0.05, 0) is 13.3 Å². The first-order chi connectivity index (χ1) is 9.82. The molecule has 0 saturated carbocycles. The molecule has 1 amide bonds. The highest BCUT2D eigenvalue weighted by Gasteiger charge is 2.39. The molecule has 2 aliphatic heterocycles. The maximum absolute atomic E-state index is 12.1. The van der Waals surface area contributed by atoms with Crippen molar-refractivity contribution in [3.05, 3.63) is 0 Å². The number of amides is 1. The molecule has 2 fully saturated rings. The van der Waals surface area contributed by atoms with Crippen LogP contribution in [-0.2, 0) is 14.6 Å². The second-order valence-corrected chi connectivity index (χ2v) is 8.48. The van der Waals surface area contributed by atoms with Crippen LogP contribution in [0, 0.1) is 0 Å². The molecule has 0 bridgehead atoms. The third kappa shape index (κ3) is 4.91. The van der Waals surface area contributed by atoms with E-state index in [4.69, 9.17) is 5.11 Å². The van der Waals surface area contributed by atoms with Gasteiger partial charge in [0.05, 0.1) is 30.2 Å². The molecule has 2 N–H and O–H groups in total. The van der Waals surface area contributed by atoms with E-state index in [1.54, 1.807) is 6.92 Å². The van der Waals surface area contributed by atoms with Crippen LogP contribution >= 0.6 is 0 Å². The van der Waals surface area contributed by atoms with E-state index in [1.165, 1.54) is 0 Å². The number of sulfone groups is 1. The van der Waals surface area contributed by atoms with Crippen molar-refractivity contribution in [2.75, 3.05) is 57.4 Å². The Balaban J connectivity index is 1.76. The van der Waals surface area contributed by atoms with Crippen LogP contribution in [0.4, 0.5) is 0 Å². The van der Waals surface area contributed by atoms with Gasteiger partial charge in [-0.3, -0.25) is 14.6 Å². The van der Waals surface area contributed by atoms with Gasteiger partial charge in [-0.25, -0.2) is 8.42 Å². The Morgan fingerprint density at radius 2 is 1.86 bits per heavy atom. The van der Waals surface area contributed by atoms with Crippen LogP contribution < -0.4 is 5.32 Å². The van der Waals surface area contributed by atoms with E-state index in [9.17, 15) is 13.2 Å². The van der Waals surface area contributed by atoms with Crippen molar-refractivity contribution < 1.29 is 18.3 Å². The zero-order valence-corrected chi connectivity index (χ0v) is 13.4. The minimum atomic E-state index is -3.00. The molecule has 2 aliphatic rings. The molecule has 0 aliphatic carbocycles. The van der Waals surface area contributed by atoms with Gasteiger partial charge in [0.25, 0.3) is 0 Å². The summed E-state index contributed by atoms with van der Waals surface area (Å²) >= 11 is 0. The average Bonchev–Trinajstić information content (AvgIpc) is 2.65. The van der Waals surface area contributed by atoms with E-state index < -0.39 is 15.4 Å². The van der Waals surface area contributed by atoms with Crippen LogP contribution in [0.3, 0.4) is 0 Å². The lowest BCUT2D eigenvalue weighted by Gasteiger charge is -2.34. The molecule has 122 valence electrons. The molecule has 8 heteroatoms. The number of hydrogen-bond acceptors (Lipinski definition) is 6. The molecule has 0 aromatic heterocycles. The highest BCUT2D eigenvalue weighted by molar-refractivity contribution is 7.91. The Bertz CT molecular complexity index is 474. The average molecular weight is 319 g/mol. The standard InChI is InChI=1S/C13H25N3O4S/c1-13(2-9-21(19,20)11-13)14-12(18)10-16-5-3-15(4-6-16)7-8-17/h17H,2-11H2,1H3,(H,14,18). The van der Waals surface area contributed by atoms with Crippen LogP contribution in [0.2, 0.25) is 0 Å². The van der Waals surface area contributed by atoms with Crippen molar-refractivity contribution in [2.24, 2.45) is 0 Å². The summed E-state index contributed by atoms with van der Waals surface area (Å²) in [4.78, 5) is 16.3. The van der Waals surface area contributed by atoms with Gasteiger partial charge in [-0.1, -0.05) is 0 Å². The van der Waals surface area contributed by atoms with E-state index in [1.807, 2.05) is 0 Å². The molecular weight excluding hydrogens is 294 g/mol. The number of aliphatic hydroxyl groups excluding tert-OH is 1. The zero-order chi connectivity index (χ0) is 15.5. The van der Waals surface area contributed by atoms with Gasteiger partial charge in [0, 0.05) is 32.7 Å².